The van der Waals surface area contributed by atoms with Crippen LogP contribution < -0.4 is 9.75 Å². The highest BCUT2D eigenvalue weighted by Gasteiger charge is 2.36. The fraction of sp³-hybridized carbons (Fsp3) is 0.511. The first-order valence-corrected chi connectivity index (χ1v) is 22.3. The molecular weight excluding hydrogens is 770 g/mol. The van der Waals surface area contributed by atoms with Gasteiger partial charge in [-0.3, -0.25) is 4.79 Å². The van der Waals surface area contributed by atoms with Crippen LogP contribution in [0.4, 0.5) is 9.52 Å². The minimum absolute atomic E-state index is 0.163. The zero-order valence-electron chi connectivity index (χ0n) is 34.7. The van der Waals surface area contributed by atoms with Gasteiger partial charge in [0.1, 0.15) is 17.2 Å². The molecule has 12 heteroatoms. The molecule has 0 saturated heterocycles. The molecule has 1 unspecified atom stereocenters. The number of halogens is 1. The number of rotatable bonds is 24. The molecule has 2 aliphatic rings. The molecule has 10 nitrogen and oxygen atoms in total. The van der Waals surface area contributed by atoms with Gasteiger partial charge in [0.25, 0.3) is 0 Å². The summed E-state index contributed by atoms with van der Waals surface area (Å²) in [5.41, 5.74) is 0.844. The lowest BCUT2D eigenvalue weighted by molar-refractivity contribution is -0.140. The number of nitrogens with zero attached hydrogens (tertiary/aromatic N) is 3. The van der Waals surface area contributed by atoms with E-state index in [4.69, 9.17) is 24.3 Å². The summed E-state index contributed by atoms with van der Waals surface area (Å²) in [5.74, 6) is -1.32. The highest BCUT2D eigenvalue weighted by molar-refractivity contribution is 7.22. The van der Waals surface area contributed by atoms with Crippen LogP contribution in [0.25, 0.3) is 10.2 Å². The Morgan fingerprint density at radius 1 is 1.00 bits per heavy atom. The largest absolute Gasteiger partial charge is 0.478 e. The number of fused-ring (bicyclic) bond motifs is 1. The Morgan fingerprint density at radius 3 is 2.47 bits per heavy atom. The van der Waals surface area contributed by atoms with Gasteiger partial charge in [-0.25, -0.2) is 24.0 Å². The van der Waals surface area contributed by atoms with E-state index in [0.29, 0.717) is 66.0 Å². The minimum Gasteiger partial charge on any atom is -0.478 e. The van der Waals surface area contributed by atoms with Crippen molar-refractivity contribution in [3.63, 3.8) is 0 Å². The van der Waals surface area contributed by atoms with E-state index in [2.05, 4.69) is 20.4 Å². The van der Waals surface area contributed by atoms with Gasteiger partial charge in [-0.05, 0) is 87.6 Å². The highest BCUT2D eigenvalue weighted by atomic mass is 32.1. The topological polar surface area (TPSA) is 128 Å². The van der Waals surface area contributed by atoms with Gasteiger partial charge in [0.2, 0.25) is 5.13 Å². The molecule has 1 atom stereocenters. The van der Waals surface area contributed by atoms with Crippen molar-refractivity contribution in [2.24, 2.45) is 16.9 Å². The maximum Gasteiger partial charge on any atom is 0.335 e. The van der Waals surface area contributed by atoms with Crippen LogP contribution in [0.3, 0.4) is 0 Å². The molecule has 1 N–H and O–H groups in total. The summed E-state index contributed by atoms with van der Waals surface area (Å²) in [4.78, 5) is 42.1. The molecule has 2 aliphatic carbocycles. The van der Waals surface area contributed by atoms with E-state index in [0.717, 1.165) is 75.0 Å². The van der Waals surface area contributed by atoms with Gasteiger partial charge in [0, 0.05) is 42.8 Å². The minimum atomic E-state index is -1.10. The number of unbranched alkanes of at least 4 members (excludes halogenated alkanes) is 7. The summed E-state index contributed by atoms with van der Waals surface area (Å²) in [6, 6.07) is 10.1. The molecule has 3 aromatic rings. The predicted molar refractivity (Wildman–Crippen MR) is 232 cm³/mol. The number of thiazole rings is 1. The number of carbonyl (C=O) groups is 3. The Labute approximate surface area is 352 Å². The van der Waals surface area contributed by atoms with Crippen molar-refractivity contribution in [1.29, 1.82) is 0 Å². The molecule has 318 valence electrons. The van der Waals surface area contributed by atoms with Gasteiger partial charge >= 0.3 is 17.9 Å². The van der Waals surface area contributed by atoms with E-state index in [-0.39, 0.29) is 29.7 Å². The van der Waals surface area contributed by atoms with E-state index in [1.165, 1.54) is 42.7 Å². The van der Waals surface area contributed by atoms with Crippen LogP contribution in [-0.4, -0.2) is 54.0 Å². The number of anilines is 1. The van der Waals surface area contributed by atoms with Crippen molar-refractivity contribution in [3.05, 3.63) is 89.8 Å². The number of ether oxygens (including phenoxy) is 3. The second-order valence-corrected chi connectivity index (χ2v) is 16.6. The maximum atomic E-state index is 14.2. The molecule has 1 aromatic heterocycles. The molecule has 0 amide bonds. The summed E-state index contributed by atoms with van der Waals surface area (Å²) in [6.07, 6.45) is 22.3. The second kappa shape index (κ2) is 23.2. The average Bonchev–Trinajstić information content (AvgIpc) is 3.67. The fourth-order valence-corrected chi connectivity index (χ4v) is 8.66. The first kappa shape index (κ1) is 45.4. The number of carboxylic acid groups (broad SMARTS) is 1. The van der Waals surface area contributed by atoms with Crippen molar-refractivity contribution < 1.29 is 38.1 Å². The molecule has 0 aliphatic heterocycles. The Balaban J connectivity index is 1.48. The standard InChI is InChI=1S/C47H60FN3O7S/c1-4-7-9-12-29-51(46-50-40-32-37(48)23-24-42(40)59-46)49-33-38-39(17-15-18-41(38)58-45(55)36-21-19-34(20-22-36)16-8-5-2)47(27-25-35(26-28-47)44(53)54)57-31-14-11-10-13-30-56-43(52)6-3/h6,15,17-18,23-27,32-34,36H,3-5,7-14,16,19-22,28-31H2,1-2H3,(H,53,54)/b49-33+. The summed E-state index contributed by atoms with van der Waals surface area (Å²) in [7, 11) is 0. The molecule has 1 fully saturated rings. The third-order valence-corrected chi connectivity index (χ3v) is 12.3. The zero-order valence-corrected chi connectivity index (χ0v) is 35.5. The first-order valence-electron chi connectivity index (χ1n) is 21.4. The van der Waals surface area contributed by atoms with E-state index < -0.39 is 17.5 Å². The summed E-state index contributed by atoms with van der Waals surface area (Å²) < 4.78 is 33.2. The van der Waals surface area contributed by atoms with Gasteiger partial charge in [0.05, 0.1) is 34.5 Å². The van der Waals surface area contributed by atoms with Crippen LogP contribution >= 0.6 is 11.3 Å². The maximum absolute atomic E-state index is 14.2. The molecule has 0 radical (unpaired) electrons. The normalized spacial score (nSPS) is 19.1. The van der Waals surface area contributed by atoms with Gasteiger partial charge in [0.15, 0.2) is 0 Å². The van der Waals surface area contributed by atoms with E-state index in [9.17, 15) is 23.9 Å². The quantitative estimate of drug-likeness (QED) is 0.0234. The van der Waals surface area contributed by atoms with Crippen LogP contribution in [-0.2, 0) is 29.5 Å². The molecular formula is C47H60FN3O7S. The number of aromatic nitrogens is 1. The van der Waals surface area contributed by atoms with Crippen LogP contribution in [0.1, 0.15) is 128 Å². The Kier molecular flexibility index (Phi) is 17.9. The lowest BCUT2D eigenvalue weighted by atomic mass is 9.80. The van der Waals surface area contributed by atoms with Crippen molar-refractivity contribution in [1.82, 2.24) is 4.98 Å². The van der Waals surface area contributed by atoms with E-state index in [1.807, 2.05) is 17.1 Å². The smallest absolute Gasteiger partial charge is 0.335 e. The fourth-order valence-electron chi connectivity index (χ4n) is 7.73. The van der Waals surface area contributed by atoms with Crippen LogP contribution in [0.2, 0.25) is 0 Å². The molecule has 1 heterocycles. The number of hydrogen-bond acceptors (Lipinski definition) is 10. The number of carboxylic acids is 1. The number of hydrogen-bond donors (Lipinski definition) is 1. The third kappa shape index (κ3) is 13.2. The van der Waals surface area contributed by atoms with Gasteiger partial charge < -0.3 is 19.3 Å². The van der Waals surface area contributed by atoms with Crippen molar-refractivity contribution in [3.8, 4) is 5.75 Å². The Hall–Kier alpha value is -4.68. The number of benzene rings is 2. The second-order valence-electron chi connectivity index (χ2n) is 15.6. The summed E-state index contributed by atoms with van der Waals surface area (Å²) in [6.45, 7) is 9.04. The van der Waals surface area contributed by atoms with Crippen molar-refractivity contribution in [2.75, 3.05) is 24.8 Å². The van der Waals surface area contributed by atoms with Gasteiger partial charge in [-0.2, -0.15) is 5.10 Å². The first-order chi connectivity index (χ1) is 28.7. The van der Waals surface area contributed by atoms with Gasteiger partial charge in [-0.1, -0.05) is 94.9 Å². The number of carbonyl (C=O) groups excluding carboxylic acids is 2. The van der Waals surface area contributed by atoms with Crippen LogP contribution in [0.15, 0.2) is 78.0 Å². The third-order valence-electron chi connectivity index (χ3n) is 11.2. The molecule has 59 heavy (non-hydrogen) atoms. The SMILES string of the molecule is C=CC(=O)OCCCCCCOC1(c2cccc(OC(=O)C3CCC(CCCC)CC3)c2/C=N/N(CCCCCC)c2nc3cc(F)ccc3s2)C=CC(C(=O)O)=CC1. The monoisotopic (exact) mass is 829 g/mol. The summed E-state index contributed by atoms with van der Waals surface area (Å²) in [5, 5.41) is 17.3. The van der Waals surface area contributed by atoms with Crippen LogP contribution in [0.5, 0.6) is 5.75 Å². The lowest BCUT2D eigenvalue weighted by Gasteiger charge is -2.34. The number of esters is 2. The van der Waals surface area contributed by atoms with E-state index >= 15 is 0 Å². The Bertz CT molecular complexity index is 1970. The molecule has 1 saturated carbocycles. The molecule has 2 aromatic carbocycles. The number of hydrazone groups is 1. The molecule has 0 bridgehead atoms. The Morgan fingerprint density at radius 2 is 1.76 bits per heavy atom. The molecule has 5 rings (SSSR count). The zero-order chi connectivity index (χ0) is 42.0. The average molecular weight is 830 g/mol. The lowest BCUT2D eigenvalue weighted by Crippen LogP contribution is -2.32. The predicted octanol–water partition coefficient (Wildman–Crippen LogP) is 11.2. The van der Waals surface area contributed by atoms with Crippen molar-refractivity contribution >= 4 is 50.8 Å². The van der Waals surface area contributed by atoms with Crippen molar-refractivity contribution in [2.45, 2.75) is 122 Å². The number of aliphatic carboxylic acids is 1. The van der Waals surface area contributed by atoms with Gasteiger partial charge in [-0.15, -0.1) is 0 Å². The molecule has 0 spiro atoms. The highest BCUT2D eigenvalue weighted by Crippen LogP contribution is 2.41. The van der Waals surface area contributed by atoms with E-state index in [1.54, 1.807) is 36.6 Å². The van der Waals surface area contributed by atoms with Crippen LogP contribution in [0, 0.1) is 17.7 Å². The summed E-state index contributed by atoms with van der Waals surface area (Å²) >= 11 is 1.43.